The third-order valence-corrected chi connectivity index (χ3v) is 4.62. The number of amides is 1. The number of likely N-dealkylation sites (N-methyl/N-ethyl adjacent to an activating group) is 1. The highest BCUT2D eigenvalue weighted by Gasteiger charge is 2.28. The van der Waals surface area contributed by atoms with E-state index in [0.29, 0.717) is 6.54 Å². The largest absolute Gasteiger partial charge is 0.444 e. The van der Waals surface area contributed by atoms with Crippen LogP contribution in [0.25, 0.3) is 0 Å². The molecule has 3 rings (SSSR count). The van der Waals surface area contributed by atoms with Crippen LogP contribution in [-0.2, 0) is 4.74 Å². The van der Waals surface area contributed by atoms with Gasteiger partial charge in [0, 0.05) is 57.6 Å². The molecule has 1 aromatic carbocycles. The second kappa shape index (κ2) is 7.04. The van der Waals surface area contributed by atoms with E-state index in [1.807, 2.05) is 12.1 Å². The van der Waals surface area contributed by atoms with Gasteiger partial charge in [-0.3, -0.25) is 15.0 Å². The number of nitro benzene ring substituents is 1. The Morgan fingerprint density at radius 2 is 1.88 bits per heavy atom. The van der Waals surface area contributed by atoms with Crippen molar-refractivity contribution >= 4 is 17.5 Å². The molecule has 2 heterocycles. The predicted molar refractivity (Wildman–Crippen MR) is 89.3 cm³/mol. The van der Waals surface area contributed by atoms with Gasteiger partial charge in [-0.1, -0.05) is 0 Å². The van der Waals surface area contributed by atoms with Crippen LogP contribution in [0.2, 0.25) is 0 Å². The van der Waals surface area contributed by atoms with E-state index in [9.17, 15) is 14.9 Å². The van der Waals surface area contributed by atoms with Crippen molar-refractivity contribution < 1.29 is 14.5 Å². The number of hydrogen-bond acceptors (Lipinski definition) is 6. The van der Waals surface area contributed by atoms with Crippen LogP contribution in [0.1, 0.15) is 6.42 Å². The zero-order valence-corrected chi connectivity index (χ0v) is 13.8. The van der Waals surface area contributed by atoms with Crippen molar-refractivity contribution in [2.24, 2.45) is 0 Å². The highest BCUT2D eigenvalue weighted by atomic mass is 16.6. The first kappa shape index (κ1) is 16.5. The van der Waals surface area contributed by atoms with Gasteiger partial charge >= 0.3 is 6.09 Å². The number of rotatable bonds is 5. The summed E-state index contributed by atoms with van der Waals surface area (Å²) in [4.78, 5) is 27.9. The molecular formula is C16H22N4O4. The Morgan fingerprint density at radius 1 is 1.21 bits per heavy atom. The maximum absolute atomic E-state index is 11.3. The van der Waals surface area contributed by atoms with Gasteiger partial charge in [-0.05, 0) is 18.6 Å². The average Bonchev–Trinajstić information content (AvgIpc) is 2.92. The van der Waals surface area contributed by atoms with Gasteiger partial charge in [0.15, 0.2) is 0 Å². The lowest BCUT2D eigenvalue weighted by Crippen LogP contribution is -2.47. The van der Waals surface area contributed by atoms with Gasteiger partial charge in [-0.25, -0.2) is 4.79 Å². The molecule has 130 valence electrons. The summed E-state index contributed by atoms with van der Waals surface area (Å²) in [5, 5.41) is 10.7. The standard InChI is InChI=1S/C16H22N4O4/c1-17-12-15(24-16(17)21)6-7-18-8-10-19(11-9-18)13-2-4-14(5-3-13)20(22)23/h2-5,15H,6-12H2,1H3. The van der Waals surface area contributed by atoms with E-state index in [4.69, 9.17) is 4.74 Å². The Labute approximate surface area is 140 Å². The zero-order chi connectivity index (χ0) is 17.1. The molecule has 2 fully saturated rings. The van der Waals surface area contributed by atoms with E-state index in [0.717, 1.165) is 44.8 Å². The molecule has 1 atom stereocenters. The summed E-state index contributed by atoms with van der Waals surface area (Å²) in [5.74, 6) is 0. The van der Waals surface area contributed by atoms with Crippen molar-refractivity contribution in [2.45, 2.75) is 12.5 Å². The summed E-state index contributed by atoms with van der Waals surface area (Å²) in [5.41, 5.74) is 1.14. The monoisotopic (exact) mass is 334 g/mol. The number of carbonyl (C=O) groups excluding carboxylic acids is 1. The van der Waals surface area contributed by atoms with E-state index in [1.54, 1.807) is 24.1 Å². The fourth-order valence-corrected chi connectivity index (χ4v) is 3.14. The number of hydrogen-bond donors (Lipinski definition) is 0. The molecule has 1 amide bonds. The number of piperazine rings is 1. The van der Waals surface area contributed by atoms with Crippen molar-refractivity contribution in [1.29, 1.82) is 0 Å². The molecule has 0 spiro atoms. The van der Waals surface area contributed by atoms with Crippen LogP contribution in [0.15, 0.2) is 24.3 Å². The van der Waals surface area contributed by atoms with E-state index in [-0.39, 0.29) is 22.8 Å². The number of benzene rings is 1. The van der Waals surface area contributed by atoms with Gasteiger partial charge < -0.3 is 14.5 Å². The van der Waals surface area contributed by atoms with Crippen LogP contribution in [0.4, 0.5) is 16.2 Å². The molecule has 0 bridgehead atoms. The predicted octanol–water partition coefficient (Wildman–Crippen LogP) is 1.56. The van der Waals surface area contributed by atoms with E-state index in [1.165, 1.54) is 0 Å². The van der Waals surface area contributed by atoms with E-state index < -0.39 is 0 Å². The molecule has 8 heteroatoms. The molecule has 2 saturated heterocycles. The topological polar surface area (TPSA) is 79.2 Å². The first-order chi connectivity index (χ1) is 11.5. The molecule has 0 radical (unpaired) electrons. The Kier molecular flexibility index (Phi) is 4.84. The van der Waals surface area contributed by atoms with Crippen molar-refractivity contribution in [2.75, 3.05) is 51.2 Å². The lowest BCUT2D eigenvalue weighted by molar-refractivity contribution is -0.384. The molecule has 0 aliphatic carbocycles. The van der Waals surface area contributed by atoms with Gasteiger partial charge in [0.25, 0.3) is 5.69 Å². The number of nitro groups is 1. The summed E-state index contributed by atoms with van der Waals surface area (Å²) in [6, 6.07) is 6.71. The number of anilines is 1. The SMILES string of the molecule is CN1CC(CCN2CCN(c3ccc([N+](=O)[O-])cc3)CC2)OC1=O. The summed E-state index contributed by atoms with van der Waals surface area (Å²) < 4.78 is 5.28. The number of non-ortho nitro benzene ring substituents is 1. The maximum atomic E-state index is 11.3. The van der Waals surface area contributed by atoms with Crippen LogP contribution in [0.5, 0.6) is 0 Å². The number of nitrogens with zero attached hydrogens (tertiary/aromatic N) is 4. The minimum Gasteiger partial charge on any atom is -0.444 e. The van der Waals surface area contributed by atoms with Crippen molar-refractivity contribution in [3.63, 3.8) is 0 Å². The van der Waals surface area contributed by atoms with Gasteiger partial charge in [-0.2, -0.15) is 0 Å². The highest BCUT2D eigenvalue weighted by Crippen LogP contribution is 2.21. The number of ether oxygens (including phenoxy) is 1. The minimum atomic E-state index is -0.380. The fraction of sp³-hybridized carbons (Fsp3) is 0.562. The van der Waals surface area contributed by atoms with E-state index >= 15 is 0 Å². The average molecular weight is 334 g/mol. The first-order valence-corrected chi connectivity index (χ1v) is 8.16. The third kappa shape index (κ3) is 3.76. The Morgan fingerprint density at radius 3 is 2.42 bits per heavy atom. The first-order valence-electron chi connectivity index (χ1n) is 8.16. The van der Waals surface area contributed by atoms with Crippen LogP contribution < -0.4 is 4.90 Å². The Balaban J connectivity index is 1.44. The van der Waals surface area contributed by atoms with Crippen LogP contribution in [0, 0.1) is 10.1 Å². The van der Waals surface area contributed by atoms with Gasteiger partial charge in [0.1, 0.15) is 6.10 Å². The zero-order valence-electron chi connectivity index (χ0n) is 13.8. The molecule has 24 heavy (non-hydrogen) atoms. The lowest BCUT2D eigenvalue weighted by atomic mass is 10.2. The highest BCUT2D eigenvalue weighted by molar-refractivity contribution is 5.69. The van der Waals surface area contributed by atoms with Crippen LogP contribution in [0.3, 0.4) is 0 Å². The molecule has 1 aromatic rings. The van der Waals surface area contributed by atoms with Crippen LogP contribution >= 0.6 is 0 Å². The summed E-state index contributed by atoms with van der Waals surface area (Å²) in [7, 11) is 1.76. The second-order valence-corrected chi connectivity index (χ2v) is 6.28. The fourth-order valence-electron chi connectivity index (χ4n) is 3.14. The van der Waals surface area contributed by atoms with Crippen LogP contribution in [-0.4, -0.2) is 73.2 Å². The normalized spacial score (nSPS) is 21.9. The number of cyclic esters (lactones) is 1. The number of carbonyl (C=O) groups is 1. The summed E-state index contributed by atoms with van der Waals surface area (Å²) in [6.45, 7) is 5.24. The van der Waals surface area contributed by atoms with Gasteiger partial charge in [0.05, 0.1) is 11.5 Å². The molecule has 2 aliphatic heterocycles. The minimum absolute atomic E-state index is 0.00444. The van der Waals surface area contributed by atoms with Crippen molar-refractivity contribution in [3.05, 3.63) is 34.4 Å². The summed E-state index contributed by atoms with van der Waals surface area (Å²) >= 11 is 0. The third-order valence-electron chi connectivity index (χ3n) is 4.62. The second-order valence-electron chi connectivity index (χ2n) is 6.28. The molecule has 0 saturated carbocycles. The van der Waals surface area contributed by atoms with Crippen molar-refractivity contribution in [3.8, 4) is 0 Å². The quantitative estimate of drug-likeness (QED) is 0.600. The molecule has 1 unspecified atom stereocenters. The van der Waals surface area contributed by atoms with E-state index in [2.05, 4.69) is 9.80 Å². The molecular weight excluding hydrogens is 312 g/mol. The van der Waals surface area contributed by atoms with Crippen molar-refractivity contribution in [1.82, 2.24) is 9.80 Å². The molecule has 2 aliphatic rings. The lowest BCUT2D eigenvalue weighted by Gasteiger charge is -2.36. The molecule has 0 N–H and O–H groups in total. The summed E-state index contributed by atoms with van der Waals surface area (Å²) in [6.07, 6.45) is 0.617. The maximum Gasteiger partial charge on any atom is 0.409 e. The van der Waals surface area contributed by atoms with Gasteiger partial charge in [-0.15, -0.1) is 0 Å². The molecule has 0 aromatic heterocycles. The smallest absolute Gasteiger partial charge is 0.409 e. The van der Waals surface area contributed by atoms with Gasteiger partial charge in [0.2, 0.25) is 0 Å². The Hall–Kier alpha value is -2.35. The molecule has 8 nitrogen and oxygen atoms in total. The Bertz CT molecular complexity index is 599.